The van der Waals surface area contributed by atoms with Gasteiger partial charge >= 0.3 is 15.2 Å². The lowest BCUT2D eigenvalue weighted by Gasteiger charge is -2.18. The summed E-state index contributed by atoms with van der Waals surface area (Å²) in [5, 5.41) is -2.01. The second-order valence-electron chi connectivity index (χ2n) is 2.97. The van der Waals surface area contributed by atoms with Gasteiger partial charge in [0.1, 0.15) is 0 Å². The first kappa shape index (κ1) is 14.8. The summed E-state index contributed by atoms with van der Waals surface area (Å²) in [6.45, 7) is 1.33. The van der Waals surface area contributed by atoms with Crippen molar-refractivity contribution in [2.24, 2.45) is 10.7 Å². The number of hydrogen-bond donors (Lipinski definition) is 5. The first-order valence-electron chi connectivity index (χ1n) is 3.92. The molecule has 0 aromatic carbocycles. The predicted octanol–water partition coefficient (Wildman–Crippen LogP) is -0.565. The summed E-state index contributed by atoms with van der Waals surface area (Å²) in [5.74, 6) is 0.185. The molecule has 0 heterocycles. The Morgan fingerprint density at radius 1 is 1.27 bits per heavy atom. The third kappa shape index (κ3) is 6.04. The van der Waals surface area contributed by atoms with E-state index in [-0.39, 0.29) is 12.4 Å². The molecule has 0 rings (SSSR count). The maximum absolute atomic E-state index is 10.8. The van der Waals surface area contributed by atoms with Crippen molar-refractivity contribution >= 4 is 21.0 Å². The summed E-state index contributed by atoms with van der Waals surface area (Å²) >= 11 is 0. The Labute approximate surface area is 86.5 Å². The van der Waals surface area contributed by atoms with Crippen LogP contribution in [0, 0.1) is 0 Å². The molecule has 0 saturated heterocycles. The van der Waals surface area contributed by atoms with Crippen LogP contribution >= 0.6 is 15.2 Å². The van der Waals surface area contributed by atoms with Gasteiger partial charge in [0.25, 0.3) is 0 Å². The van der Waals surface area contributed by atoms with Gasteiger partial charge in [-0.2, -0.15) is 0 Å². The number of aliphatic imine (C=N–C) groups is 1. The molecule has 15 heavy (non-hydrogen) atoms. The van der Waals surface area contributed by atoms with Gasteiger partial charge in [-0.25, -0.2) is 0 Å². The van der Waals surface area contributed by atoms with Gasteiger partial charge in [-0.05, 0) is 13.3 Å². The van der Waals surface area contributed by atoms with Crippen LogP contribution in [0.4, 0.5) is 0 Å². The lowest BCUT2D eigenvalue weighted by molar-refractivity contribution is 0.336. The second kappa shape index (κ2) is 5.21. The van der Waals surface area contributed by atoms with E-state index in [4.69, 9.17) is 25.3 Å². The van der Waals surface area contributed by atoms with Gasteiger partial charge in [0.2, 0.25) is 0 Å². The minimum atomic E-state index is -4.83. The Morgan fingerprint density at radius 2 is 1.67 bits per heavy atom. The largest absolute Gasteiger partial charge is 0.388 e. The monoisotopic (exact) mass is 260 g/mol. The van der Waals surface area contributed by atoms with E-state index in [9.17, 15) is 9.13 Å². The van der Waals surface area contributed by atoms with Gasteiger partial charge in [-0.3, -0.25) is 14.1 Å². The van der Waals surface area contributed by atoms with Gasteiger partial charge in [-0.1, -0.05) is 0 Å². The maximum Gasteiger partial charge on any atom is 0.340 e. The number of rotatable bonds is 5. The van der Waals surface area contributed by atoms with E-state index in [1.54, 1.807) is 0 Å². The van der Waals surface area contributed by atoms with E-state index >= 15 is 0 Å². The Kier molecular flexibility index (Phi) is 5.13. The minimum absolute atomic E-state index is 0.136. The highest BCUT2D eigenvalue weighted by Gasteiger charge is 2.42. The fourth-order valence-electron chi connectivity index (χ4n) is 0.889. The van der Waals surface area contributed by atoms with Crippen molar-refractivity contribution < 1.29 is 28.7 Å². The fourth-order valence-corrected chi connectivity index (χ4v) is 3.36. The molecule has 0 aliphatic heterocycles. The molecule has 0 aromatic rings. The molecule has 0 aromatic heterocycles. The first-order chi connectivity index (χ1) is 6.55. The molecular weight excluding hydrogens is 246 g/mol. The summed E-state index contributed by atoms with van der Waals surface area (Å²) in [6.07, 6.45) is -0.414. The Hall–Kier alpha value is -0.230. The maximum atomic E-state index is 10.8. The van der Waals surface area contributed by atoms with E-state index in [0.29, 0.717) is 0 Å². The average Bonchev–Trinajstić information content (AvgIpc) is 1.92. The molecule has 0 unspecified atom stereocenters. The van der Waals surface area contributed by atoms with Crippen LogP contribution in [0.25, 0.3) is 0 Å². The molecule has 10 heteroatoms. The van der Waals surface area contributed by atoms with Crippen LogP contribution in [0.2, 0.25) is 0 Å². The molecular formula is C5H14N2O6P2. The summed E-state index contributed by atoms with van der Waals surface area (Å²) in [5.41, 5.74) is 5.16. The SMILES string of the molecule is CC(N)=NCCC(P(=O)(O)O)P(=O)(O)O. The predicted molar refractivity (Wildman–Crippen MR) is 54.7 cm³/mol. The molecule has 90 valence electrons. The fraction of sp³-hybridized carbons (Fsp3) is 0.800. The topological polar surface area (TPSA) is 153 Å². The Morgan fingerprint density at radius 3 is 1.93 bits per heavy atom. The average molecular weight is 260 g/mol. The zero-order chi connectivity index (χ0) is 12.3. The van der Waals surface area contributed by atoms with Crippen LogP contribution in [0.3, 0.4) is 0 Å². The molecule has 6 N–H and O–H groups in total. The standard InChI is InChI=1S/C5H14N2O6P2/c1-4(6)7-3-2-5(14(8,9)10)15(11,12)13/h5H,2-3H2,1H3,(H2,6,7)(H2,8,9,10)(H2,11,12,13). The number of hydrogen-bond acceptors (Lipinski definition) is 3. The lowest BCUT2D eigenvalue weighted by Crippen LogP contribution is -2.12. The van der Waals surface area contributed by atoms with Crippen LogP contribution in [0.5, 0.6) is 0 Å². The normalized spacial score (nSPS) is 14.7. The molecule has 0 aliphatic rings. The summed E-state index contributed by atoms with van der Waals surface area (Å²) < 4.78 is 21.6. The van der Waals surface area contributed by atoms with Gasteiger partial charge in [-0.15, -0.1) is 0 Å². The molecule has 0 saturated carbocycles. The van der Waals surface area contributed by atoms with Crippen LogP contribution in [-0.2, 0) is 9.13 Å². The molecule has 8 nitrogen and oxygen atoms in total. The number of nitrogens with zero attached hydrogens (tertiary/aromatic N) is 1. The van der Waals surface area contributed by atoms with E-state index < -0.39 is 27.0 Å². The van der Waals surface area contributed by atoms with Gasteiger partial charge in [0.05, 0.1) is 5.84 Å². The molecule has 0 radical (unpaired) electrons. The van der Waals surface area contributed by atoms with Crippen molar-refractivity contribution in [1.29, 1.82) is 0 Å². The number of nitrogens with two attached hydrogens (primary N) is 1. The lowest BCUT2D eigenvalue weighted by atomic mass is 10.5. The second-order valence-corrected chi connectivity index (χ2v) is 6.98. The van der Waals surface area contributed by atoms with Crippen molar-refractivity contribution in [2.45, 2.75) is 18.7 Å². The van der Waals surface area contributed by atoms with Gasteiger partial charge < -0.3 is 25.3 Å². The molecule has 0 fully saturated rings. The van der Waals surface area contributed by atoms with E-state index in [1.807, 2.05) is 0 Å². The third-order valence-corrected chi connectivity index (χ3v) is 5.40. The van der Waals surface area contributed by atoms with Crippen LogP contribution < -0.4 is 5.73 Å². The number of amidine groups is 1. The summed E-state index contributed by atoms with van der Waals surface area (Å²) in [4.78, 5) is 38.5. The van der Waals surface area contributed by atoms with Crippen molar-refractivity contribution in [2.75, 3.05) is 6.54 Å². The van der Waals surface area contributed by atoms with Crippen molar-refractivity contribution in [3.05, 3.63) is 0 Å². The zero-order valence-corrected chi connectivity index (χ0v) is 9.80. The minimum Gasteiger partial charge on any atom is -0.388 e. The highest BCUT2D eigenvalue weighted by atomic mass is 31.2. The van der Waals surface area contributed by atoms with Crippen molar-refractivity contribution in [1.82, 2.24) is 0 Å². The van der Waals surface area contributed by atoms with Crippen molar-refractivity contribution in [3.8, 4) is 0 Å². The molecule has 0 spiro atoms. The van der Waals surface area contributed by atoms with Crippen LogP contribution in [-0.4, -0.2) is 37.4 Å². The highest BCUT2D eigenvalue weighted by molar-refractivity contribution is 7.70. The molecule has 0 aliphatic carbocycles. The van der Waals surface area contributed by atoms with E-state index in [0.717, 1.165) is 0 Å². The van der Waals surface area contributed by atoms with Crippen molar-refractivity contribution in [3.63, 3.8) is 0 Å². The van der Waals surface area contributed by atoms with E-state index in [1.165, 1.54) is 6.92 Å². The molecule has 0 amide bonds. The molecule has 0 atom stereocenters. The van der Waals surface area contributed by atoms with E-state index in [2.05, 4.69) is 4.99 Å². The Balaban J connectivity index is 4.64. The Bertz CT molecular complexity index is 304. The smallest absolute Gasteiger partial charge is 0.340 e. The molecule has 0 bridgehead atoms. The van der Waals surface area contributed by atoms with Gasteiger partial charge in [0, 0.05) is 6.54 Å². The third-order valence-electron chi connectivity index (χ3n) is 1.53. The summed E-state index contributed by atoms with van der Waals surface area (Å²) in [6, 6.07) is 0. The highest BCUT2D eigenvalue weighted by Crippen LogP contribution is 2.61. The van der Waals surface area contributed by atoms with Gasteiger partial charge in [0.15, 0.2) is 5.40 Å². The zero-order valence-electron chi connectivity index (χ0n) is 8.02. The summed E-state index contributed by atoms with van der Waals surface area (Å²) in [7, 11) is -9.66. The first-order valence-corrected chi connectivity index (χ1v) is 7.28. The quantitative estimate of drug-likeness (QED) is 0.252. The van der Waals surface area contributed by atoms with Crippen LogP contribution in [0.1, 0.15) is 13.3 Å². The van der Waals surface area contributed by atoms with Crippen LogP contribution in [0.15, 0.2) is 4.99 Å².